The van der Waals surface area contributed by atoms with Crippen molar-refractivity contribution in [3.05, 3.63) is 109 Å². The standard InChI is InChI=1S/C92H161NO18/c1-3-5-7-9-11-13-15-17-19-21-23-25-27-29-31-32-33-34-35-36-37-38-39-40-41-42-44-46-48-50-52-54-56-58-60-62-64-66-68-70-80(98)93-75(76(97)69-67-65-63-61-59-57-55-53-51-49-47-45-43-30-28-26-24-22-20-18-16-14-12-10-8-6-4-2)74-106-90-86(104)83(101)88(78(72-95)108-90)111-92-87(105)84(102)89(79(73-96)109-92)110-91-85(103)82(100)81(99)77(71-94)107-91/h5,7,11,13,17,19,23,25,29,31,33-34,51,53,59,61,67,69,75-79,81-92,94-97,99-105H,3-4,6,8-10,12,14-16,18,20-22,24,26-28,30,32,35-50,52,54-58,60,62-66,68,70-74H2,1-2H3,(H,93,98)/b7-5-,13-11-,19-17-,25-23-,31-29-,34-33-,53-51+,61-59+,69-67+. The number of aliphatic hydroxyl groups is 11. The smallest absolute Gasteiger partial charge is 0.220 e. The highest BCUT2D eigenvalue weighted by Crippen LogP contribution is 2.33. The van der Waals surface area contributed by atoms with Crippen LogP contribution in [0.25, 0.3) is 0 Å². The first-order chi connectivity index (χ1) is 54.3. The fourth-order valence-electron chi connectivity index (χ4n) is 14.5. The first kappa shape index (κ1) is 102. The largest absolute Gasteiger partial charge is 0.394 e. The minimum Gasteiger partial charge on any atom is -0.394 e. The minimum absolute atomic E-state index is 0.230. The van der Waals surface area contributed by atoms with Gasteiger partial charge in [-0.05, 0) is 96.3 Å². The van der Waals surface area contributed by atoms with Gasteiger partial charge in [0.05, 0.1) is 38.6 Å². The highest BCUT2D eigenvalue weighted by Gasteiger charge is 2.54. The Labute approximate surface area is 672 Å². The normalized spacial score (nSPS) is 25.6. The fourth-order valence-corrected chi connectivity index (χ4v) is 14.5. The molecule has 0 aliphatic carbocycles. The summed E-state index contributed by atoms with van der Waals surface area (Å²) in [6.45, 7) is 1.63. The quantitative estimate of drug-likeness (QED) is 0.0199. The maximum atomic E-state index is 13.5. The summed E-state index contributed by atoms with van der Waals surface area (Å²) in [4.78, 5) is 13.5. The van der Waals surface area contributed by atoms with Crippen LogP contribution in [-0.2, 0) is 33.2 Å². The molecule has 3 fully saturated rings. The van der Waals surface area contributed by atoms with E-state index in [1.165, 1.54) is 218 Å². The first-order valence-electron chi connectivity index (χ1n) is 44.6. The molecule has 642 valence electrons. The second-order valence-electron chi connectivity index (χ2n) is 31.3. The Morgan fingerprint density at radius 3 is 1.01 bits per heavy atom. The van der Waals surface area contributed by atoms with E-state index in [0.717, 1.165) is 83.5 Å². The molecular formula is C92H161NO18. The fraction of sp³-hybridized carbons (Fsp3) is 0.793. The molecule has 3 aliphatic heterocycles. The molecule has 3 heterocycles. The average molecular weight is 1570 g/mol. The molecule has 17 unspecified atom stereocenters. The molecule has 3 saturated heterocycles. The highest BCUT2D eigenvalue weighted by atomic mass is 16.8. The molecule has 111 heavy (non-hydrogen) atoms. The lowest BCUT2D eigenvalue weighted by atomic mass is 9.96. The van der Waals surface area contributed by atoms with Crippen LogP contribution in [-0.4, -0.2) is 193 Å². The molecule has 12 N–H and O–H groups in total. The van der Waals surface area contributed by atoms with Gasteiger partial charge in [-0.3, -0.25) is 4.79 Å². The first-order valence-corrected chi connectivity index (χ1v) is 44.6. The summed E-state index contributed by atoms with van der Waals surface area (Å²) in [5, 5.41) is 121. The van der Waals surface area contributed by atoms with Crippen molar-refractivity contribution < 1.29 is 89.4 Å². The predicted octanol–water partition coefficient (Wildman–Crippen LogP) is 16.8. The summed E-state index contributed by atoms with van der Waals surface area (Å²) in [5.74, 6) is -0.287. The Morgan fingerprint density at radius 1 is 0.333 bits per heavy atom. The van der Waals surface area contributed by atoms with Gasteiger partial charge >= 0.3 is 0 Å². The lowest BCUT2D eigenvalue weighted by Crippen LogP contribution is -2.66. The molecule has 19 heteroatoms. The lowest BCUT2D eigenvalue weighted by Gasteiger charge is -2.48. The lowest BCUT2D eigenvalue weighted by molar-refractivity contribution is -0.379. The van der Waals surface area contributed by atoms with Gasteiger partial charge in [0.2, 0.25) is 5.91 Å². The van der Waals surface area contributed by atoms with E-state index in [1.54, 1.807) is 6.08 Å². The number of nitrogens with one attached hydrogen (secondary N) is 1. The molecule has 3 aliphatic rings. The van der Waals surface area contributed by atoms with Crippen molar-refractivity contribution in [1.82, 2.24) is 5.32 Å². The van der Waals surface area contributed by atoms with E-state index in [2.05, 4.69) is 116 Å². The Bertz CT molecular complexity index is 2430. The zero-order valence-corrected chi connectivity index (χ0v) is 69.2. The Balaban J connectivity index is 1.33. The maximum Gasteiger partial charge on any atom is 0.220 e. The van der Waals surface area contributed by atoms with Gasteiger partial charge in [-0.15, -0.1) is 0 Å². The van der Waals surface area contributed by atoms with E-state index in [4.69, 9.17) is 28.4 Å². The van der Waals surface area contributed by atoms with Crippen LogP contribution >= 0.6 is 0 Å². The van der Waals surface area contributed by atoms with Gasteiger partial charge < -0.3 is 89.9 Å². The molecule has 17 atom stereocenters. The van der Waals surface area contributed by atoms with E-state index in [-0.39, 0.29) is 18.9 Å². The number of allylic oxidation sites excluding steroid dienone is 17. The summed E-state index contributed by atoms with van der Waals surface area (Å²) >= 11 is 0. The molecule has 19 nitrogen and oxygen atoms in total. The van der Waals surface area contributed by atoms with Crippen LogP contribution in [0.2, 0.25) is 0 Å². The molecule has 0 aromatic carbocycles. The van der Waals surface area contributed by atoms with E-state index < -0.39 is 124 Å². The van der Waals surface area contributed by atoms with Gasteiger partial charge in [0.1, 0.15) is 73.2 Å². The molecule has 0 spiro atoms. The van der Waals surface area contributed by atoms with Crippen LogP contribution in [0.4, 0.5) is 0 Å². The number of amides is 1. The molecule has 0 aromatic heterocycles. The van der Waals surface area contributed by atoms with Crippen molar-refractivity contribution >= 4 is 5.91 Å². The molecule has 0 bridgehead atoms. The third-order valence-corrected chi connectivity index (χ3v) is 21.5. The van der Waals surface area contributed by atoms with Gasteiger partial charge in [0.25, 0.3) is 0 Å². The van der Waals surface area contributed by atoms with Crippen LogP contribution in [0.3, 0.4) is 0 Å². The van der Waals surface area contributed by atoms with Crippen molar-refractivity contribution in [3.8, 4) is 0 Å². The van der Waals surface area contributed by atoms with Gasteiger partial charge in [-0.2, -0.15) is 0 Å². The monoisotopic (exact) mass is 1570 g/mol. The SMILES string of the molecule is CC/C=C\C/C=C\C/C=C\C/C=C\C/C=C\C/C=C\CCCCCCCCCCCCCCCCCCCCCCC(=O)NC(COC1OC(CO)C(OC2OC(CO)C(OC3OC(CO)C(O)C(O)C3O)C(O)C2O)C(O)C1O)C(O)/C=C/CC/C=C/CC/C=C/CCCCCCCCCCCCCCCCCCC. The molecule has 3 rings (SSSR count). The van der Waals surface area contributed by atoms with E-state index in [0.29, 0.717) is 12.8 Å². The number of hydrogen-bond donors (Lipinski definition) is 12. The minimum atomic E-state index is -1.99. The zero-order valence-electron chi connectivity index (χ0n) is 69.2. The number of rotatable bonds is 71. The number of carbonyl (C=O) groups excluding carboxylic acids is 1. The molecule has 1 amide bonds. The van der Waals surface area contributed by atoms with Crippen LogP contribution in [0.1, 0.15) is 335 Å². The van der Waals surface area contributed by atoms with Gasteiger partial charge in [-0.1, -0.05) is 342 Å². The van der Waals surface area contributed by atoms with Crippen molar-refractivity contribution in [2.24, 2.45) is 0 Å². The highest BCUT2D eigenvalue weighted by molar-refractivity contribution is 5.76. The van der Waals surface area contributed by atoms with E-state index in [1.807, 2.05) is 6.08 Å². The topological polar surface area (TPSA) is 307 Å². The molecule has 0 saturated carbocycles. The second kappa shape index (κ2) is 70.6. The van der Waals surface area contributed by atoms with Crippen molar-refractivity contribution in [2.75, 3.05) is 26.4 Å². The summed E-state index contributed by atoms with van der Waals surface area (Å²) in [7, 11) is 0. The summed E-state index contributed by atoms with van der Waals surface area (Å²) < 4.78 is 34.5. The maximum absolute atomic E-state index is 13.5. The third-order valence-electron chi connectivity index (χ3n) is 21.5. The number of unbranched alkanes of at least 4 members (excludes halogenated alkanes) is 39. The Kier molecular flexibility index (Phi) is 64.7. The summed E-state index contributed by atoms with van der Waals surface area (Å²) in [5.41, 5.74) is 0. The second-order valence-corrected chi connectivity index (χ2v) is 31.3. The summed E-state index contributed by atoms with van der Waals surface area (Å²) in [6.07, 6.45) is 72.4. The van der Waals surface area contributed by atoms with Crippen molar-refractivity contribution in [2.45, 2.75) is 439 Å². The number of carbonyl (C=O) groups is 1. The van der Waals surface area contributed by atoms with Crippen LogP contribution in [0.15, 0.2) is 109 Å². The number of aliphatic hydroxyl groups excluding tert-OH is 11. The average Bonchev–Trinajstić information content (AvgIpc) is 0.780. The number of ether oxygens (including phenoxy) is 6. The van der Waals surface area contributed by atoms with Gasteiger partial charge in [0, 0.05) is 6.42 Å². The van der Waals surface area contributed by atoms with Gasteiger partial charge in [-0.25, -0.2) is 0 Å². The molecule has 0 aromatic rings. The van der Waals surface area contributed by atoms with E-state index in [9.17, 15) is 61.0 Å². The van der Waals surface area contributed by atoms with Crippen molar-refractivity contribution in [1.29, 1.82) is 0 Å². The molecule has 0 radical (unpaired) electrons. The summed E-state index contributed by atoms with van der Waals surface area (Å²) in [6, 6.07) is -1.00. The molecular weight excluding hydrogens is 1410 g/mol. The van der Waals surface area contributed by atoms with Gasteiger partial charge in [0.15, 0.2) is 18.9 Å². The van der Waals surface area contributed by atoms with Crippen molar-refractivity contribution in [3.63, 3.8) is 0 Å². The predicted molar refractivity (Wildman–Crippen MR) is 447 cm³/mol. The van der Waals surface area contributed by atoms with Crippen LogP contribution in [0.5, 0.6) is 0 Å². The van der Waals surface area contributed by atoms with E-state index >= 15 is 0 Å². The van der Waals surface area contributed by atoms with Crippen LogP contribution < -0.4 is 5.32 Å². The third kappa shape index (κ3) is 49.3. The Morgan fingerprint density at radius 2 is 0.631 bits per heavy atom. The van der Waals surface area contributed by atoms with Crippen LogP contribution in [0, 0.1) is 0 Å². The zero-order chi connectivity index (χ0) is 80.3. The number of hydrogen-bond acceptors (Lipinski definition) is 18. The Hall–Kier alpha value is -3.55.